The molecule has 2 fully saturated rings. The average molecular weight is 259 g/mol. The maximum atomic E-state index is 5.10. The largest absolute Gasteiger partial charge is 0.345 e. The molecule has 3 unspecified atom stereocenters. The minimum Gasteiger partial charge on any atom is -0.345 e. The van der Waals surface area contributed by atoms with Crippen LogP contribution in [-0.2, 0) is 10.8 Å². The maximum absolute atomic E-state index is 5.10. The molecule has 0 radical (unpaired) electrons. The van der Waals surface area contributed by atoms with Crippen molar-refractivity contribution in [1.29, 1.82) is 0 Å². The summed E-state index contributed by atoms with van der Waals surface area (Å²) >= 11 is 0. The first-order valence-electron chi connectivity index (χ1n) is 7.70. The standard InChI is InChI=1S/C16H25N3/c1-14(2)10-5-6-16(14,4)12-11(10)18-13(19-12)15(3)7-8-17-9-15/h10,17H,5-9H2,1-4H3,(H,18,19). The summed E-state index contributed by atoms with van der Waals surface area (Å²) in [5.74, 6) is 1.92. The number of hydrogen-bond acceptors (Lipinski definition) is 2. The van der Waals surface area contributed by atoms with Crippen molar-refractivity contribution >= 4 is 0 Å². The fourth-order valence-electron chi connectivity index (χ4n) is 4.79. The first kappa shape index (κ1) is 12.0. The van der Waals surface area contributed by atoms with E-state index in [0.29, 0.717) is 11.3 Å². The van der Waals surface area contributed by atoms with Crippen LogP contribution in [0.3, 0.4) is 0 Å². The van der Waals surface area contributed by atoms with Crippen LogP contribution in [0.15, 0.2) is 0 Å². The molecule has 1 aromatic rings. The van der Waals surface area contributed by atoms with Gasteiger partial charge in [-0.15, -0.1) is 0 Å². The van der Waals surface area contributed by atoms with Gasteiger partial charge in [-0.1, -0.05) is 27.7 Å². The molecule has 4 rings (SSSR count). The first-order valence-corrected chi connectivity index (χ1v) is 7.70. The molecule has 3 heteroatoms. The van der Waals surface area contributed by atoms with E-state index < -0.39 is 0 Å². The molecule has 1 aromatic heterocycles. The highest BCUT2D eigenvalue weighted by atomic mass is 15.0. The van der Waals surface area contributed by atoms with Crippen LogP contribution >= 0.6 is 0 Å². The molecule has 2 bridgehead atoms. The molecule has 1 saturated heterocycles. The minimum atomic E-state index is 0.213. The lowest BCUT2D eigenvalue weighted by atomic mass is 9.70. The van der Waals surface area contributed by atoms with Gasteiger partial charge in [0.2, 0.25) is 0 Å². The number of imidazole rings is 1. The summed E-state index contributed by atoms with van der Waals surface area (Å²) in [6.45, 7) is 11.8. The second-order valence-corrected chi connectivity index (χ2v) is 7.98. The van der Waals surface area contributed by atoms with E-state index in [1.165, 1.54) is 36.5 Å². The third-order valence-corrected chi connectivity index (χ3v) is 6.77. The van der Waals surface area contributed by atoms with Gasteiger partial charge in [-0.05, 0) is 31.2 Å². The van der Waals surface area contributed by atoms with E-state index in [0.717, 1.165) is 13.1 Å². The Morgan fingerprint density at radius 1 is 1.16 bits per heavy atom. The monoisotopic (exact) mass is 259 g/mol. The first-order chi connectivity index (χ1) is 8.88. The van der Waals surface area contributed by atoms with Gasteiger partial charge in [0.25, 0.3) is 0 Å². The number of hydrogen-bond donors (Lipinski definition) is 2. The van der Waals surface area contributed by atoms with Crippen LogP contribution in [0.4, 0.5) is 0 Å². The van der Waals surface area contributed by atoms with E-state index in [1.54, 1.807) is 0 Å². The van der Waals surface area contributed by atoms with Gasteiger partial charge in [0.05, 0.1) is 5.69 Å². The van der Waals surface area contributed by atoms with Crippen molar-refractivity contribution in [3.05, 3.63) is 17.2 Å². The zero-order chi connectivity index (χ0) is 13.5. The third-order valence-electron chi connectivity index (χ3n) is 6.77. The normalized spacial score (nSPS) is 42.8. The van der Waals surface area contributed by atoms with Crippen LogP contribution in [0.2, 0.25) is 0 Å². The average Bonchev–Trinajstić information content (AvgIpc) is 3.02. The highest BCUT2D eigenvalue weighted by Crippen LogP contribution is 2.67. The molecule has 1 aliphatic heterocycles. The summed E-state index contributed by atoms with van der Waals surface area (Å²) in [5, 5.41) is 3.48. The number of nitrogens with one attached hydrogen (secondary N) is 2. The van der Waals surface area contributed by atoms with Crippen LogP contribution in [0.5, 0.6) is 0 Å². The summed E-state index contributed by atoms with van der Waals surface area (Å²) in [6.07, 6.45) is 3.83. The van der Waals surface area contributed by atoms with Crippen molar-refractivity contribution in [2.45, 2.75) is 63.7 Å². The Hall–Kier alpha value is -0.830. The topological polar surface area (TPSA) is 40.7 Å². The molecule has 3 nitrogen and oxygen atoms in total. The minimum absolute atomic E-state index is 0.213. The molecule has 3 atom stereocenters. The van der Waals surface area contributed by atoms with Crippen molar-refractivity contribution in [3.8, 4) is 0 Å². The number of fused-ring (bicyclic) bond motifs is 5. The van der Waals surface area contributed by atoms with Gasteiger partial charge in [0.15, 0.2) is 0 Å². The Kier molecular flexibility index (Phi) is 2.04. The highest BCUT2D eigenvalue weighted by Gasteiger charge is 2.61. The fourth-order valence-corrected chi connectivity index (χ4v) is 4.79. The van der Waals surface area contributed by atoms with Gasteiger partial charge >= 0.3 is 0 Å². The Labute approximate surface area is 115 Å². The molecule has 3 aliphatic rings. The quantitative estimate of drug-likeness (QED) is 0.814. The number of aromatic nitrogens is 2. The maximum Gasteiger partial charge on any atom is 0.113 e. The molecule has 0 amide bonds. The van der Waals surface area contributed by atoms with Crippen molar-refractivity contribution < 1.29 is 0 Å². The third kappa shape index (κ3) is 1.21. The Morgan fingerprint density at radius 2 is 1.95 bits per heavy atom. The molecule has 2 N–H and O–H groups in total. The molecular weight excluding hydrogens is 234 g/mol. The zero-order valence-electron chi connectivity index (χ0n) is 12.6. The van der Waals surface area contributed by atoms with Crippen LogP contribution < -0.4 is 5.32 Å². The predicted molar refractivity (Wildman–Crippen MR) is 76.5 cm³/mol. The lowest BCUT2D eigenvalue weighted by Crippen LogP contribution is -2.33. The number of aromatic amines is 1. The van der Waals surface area contributed by atoms with E-state index in [4.69, 9.17) is 4.98 Å². The molecule has 19 heavy (non-hydrogen) atoms. The summed E-state index contributed by atoms with van der Waals surface area (Å²) < 4.78 is 0. The molecular formula is C16H25N3. The van der Waals surface area contributed by atoms with E-state index in [-0.39, 0.29) is 10.8 Å². The molecule has 2 heterocycles. The van der Waals surface area contributed by atoms with Gasteiger partial charge in [0, 0.05) is 29.0 Å². The smallest absolute Gasteiger partial charge is 0.113 e. The number of rotatable bonds is 1. The molecule has 0 spiro atoms. The molecule has 104 valence electrons. The lowest BCUT2D eigenvalue weighted by molar-refractivity contribution is 0.224. The number of H-pyrrole nitrogens is 1. The van der Waals surface area contributed by atoms with Crippen molar-refractivity contribution in [3.63, 3.8) is 0 Å². The van der Waals surface area contributed by atoms with Crippen molar-refractivity contribution in [2.24, 2.45) is 5.41 Å². The second kappa shape index (κ2) is 3.25. The lowest BCUT2D eigenvalue weighted by Gasteiger charge is -2.34. The zero-order valence-corrected chi connectivity index (χ0v) is 12.6. The SMILES string of the molecule is CC1(c2nc3c([nH]2)C2CCC3(C)C2(C)C)CCNC1. The van der Waals surface area contributed by atoms with Crippen molar-refractivity contribution in [2.75, 3.05) is 13.1 Å². The van der Waals surface area contributed by atoms with Gasteiger partial charge in [-0.2, -0.15) is 0 Å². The summed E-state index contributed by atoms with van der Waals surface area (Å²) in [6, 6.07) is 0. The fraction of sp³-hybridized carbons (Fsp3) is 0.812. The van der Waals surface area contributed by atoms with Gasteiger partial charge in [-0.3, -0.25) is 0 Å². The van der Waals surface area contributed by atoms with Crippen LogP contribution in [0.1, 0.15) is 70.1 Å². The summed E-state index contributed by atoms with van der Waals surface area (Å²) in [5.41, 5.74) is 3.71. The number of nitrogens with zero attached hydrogens (tertiary/aromatic N) is 1. The van der Waals surface area contributed by atoms with Crippen molar-refractivity contribution in [1.82, 2.24) is 15.3 Å². The van der Waals surface area contributed by atoms with E-state index in [9.17, 15) is 0 Å². The van der Waals surface area contributed by atoms with E-state index in [1.807, 2.05) is 0 Å². The van der Waals surface area contributed by atoms with Gasteiger partial charge < -0.3 is 10.3 Å². The predicted octanol–water partition coefficient (Wildman–Crippen LogP) is 2.84. The van der Waals surface area contributed by atoms with E-state index in [2.05, 4.69) is 38.0 Å². The molecule has 1 saturated carbocycles. The summed E-state index contributed by atoms with van der Waals surface area (Å²) in [7, 11) is 0. The van der Waals surface area contributed by atoms with Crippen LogP contribution in [0, 0.1) is 5.41 Å². The Balaban J connectivity index is 1.83. The highest BCUT2D eigenvalue weighted by molar-refractivity contribution is 5.43. The van der Waals surface area contributed by atoms with Crippen LogP contribution in [0.25, 0.3) is 0 Å². The summed E-state index contributed by atoms with van der Waals surface area (Å²) in [4.78, 5) is 8.84. The van der Waals surface area contributed by atoms with Gasteiger partial charge in [-0.25, -0.2) is 4.98 Å². The Bertz CT molecular complexity index is 536. The molecule has 2 aliphatic carbocycles. The van der Waals surface area contributed by atoms with Crippen LogP contribution in [-0.4, -0.2) is 23.1 Å². The Morgan fingerprint density at radius 3 is 2.58 bits per heavy atom. The second-order valence-electron chi connectivity index (χ2n) is 7.98. The molecule has 0 aromatic carbocycles. The van der Waals surface area contributed by atoms with Gasteiger partial charge in [0.1, 0.15) is 5.82 Å². The van der Waals surface area contributed by atoms with E-state index >= 15 is 0 Å².